The summed E-state index contributed by atoms with van der Waals surface area (Å²) < 4.78 is 9.70. The Morgan fingerprint density at radius 2 is 2.47 bits per heavy atom. The van der Waals surface area contributed by atoms with E-state index in [0.29, 0.717) is 18.3 Å². The molecule has 0 bridgehead atoms. The minimum atomic E-state index is -0.416. The Hall–Kier alpha value is -1.29. The molecule has 1 N–H and O–H groups in total. The second kappa shape index (κ2) is 4.06. The van der Waals surface area contributed by atoms with Gasteiger partial charge in [-0.1, -0.05) is 6.92 Å². The maximum absolute atomic E-state index is 11.3. The number of carbonyl (C=O) groups excluding carboxylic acids is 1. The summed E-state index contributed by atoms with van der Waals surface area (Å²) in [7, 11) is 1.35. The number of esters is 1. The molecule has 0 radical (unpaired) electrons. The molecule has 1 aliphatic carbocycles. The predicted molar refractivity (Wildman–Crippen MR) is 54.5 cm³/mol. The summed E-state index contributed by atoms with van der Waals surface area (Å²) in [5.74, 6) is 0.637. The van der Waals surface area contributed by atoms with Crippen molar-refractivity contribution in [1.29, 1.82) is 0 Å². The van der Waals surface area contributed by atoms with E-state index in [1.165, 1.54) is 19.8 Å². The standard InChI is InChI=1S/C11H15NO3/c1-7-5-9(7)12-6-8-3-4-15-10(8)11(13)14-2/h3-4,7,9,12H,5-6H2,1-2H3. The average Bonchev–Trinajstić information content (AvgIpc) is 2.78. The summed E-state index contributed by atoms with van der Waals surface area (Å²) >= 11 is 0. The van der Waals surface area contributed by atoms with Crippen LogP contribution in [0.4, 0.5) is 0 Å². The first kappa shape index (κ1) is 10.2. The zero-order chi connectivity index (χ0) is 10.8. The van der Waals surface area contributed by atoms with Gasteiger partial charge in [-0.05, 0) is 18.4 Å². The van der Waals surface area contributed by atoms with Crippen LogP contribution in [0.5, 0.6) is 0 Å². The highest BCUT2D eigenvalue weighted by atomic mass is 16.5. The molecule has 0 aromatic carbocycles. The van der Waals surface area contributed by atoms with Crippen molar-refractivity contribution in [2.45, 2.75) is 25.9 Å². The first-order chi connectivity index (χ1) is 7.22. The van der Waals surface area contributed by atoms with E-state index in [4.69, 9.17) is 4.42 Å². The fourth-order valence-corrected chi connectivity index (χ4v) is 1.59. The van der Waals surface area contributed by atoms with E-state index in [0.717, 1.165) is 11.5 Å². The van der Waals surface area contributed by atoms with Gasteiger partial charge in [-0.15, -0.1) is 0 Å². The molecule has 1 aromatic heterocycles. The molecule has 0 aliphatic heterocycles. The van der Waals surface area contributed by atoms with Crippen LogP contribution in [0.1, 0.15) is 29.5 Å². The molecule has 2 rings (SSSR count). The van der Waals surface area contributed by atoms with Gasteiger partial charge in [0.2, 0.25) is 5.76 Å². The minimum absolute atomic E-state index is 0.304. The van der Waals surface area contributed by atoms with Crippen LogP contribution in [0.15, 0.2) is 16.7 Å². The summed E-state index contributed by atoms with van der Waals surface area (Å²) in [6.45, 7) is 2.87. The number of rotatable bonds is 4. The zero-order valence-electron chi connectivity index (χ0n) is 8.95. The van der Waals surface area contributed by atoms with Gasteiger partial charge in [0.15, 0.2) is 0 Å². The highest BCUT2D eigenvalue weighted by Crippen LogP contribution is 2.29. The van der Waals surface area contributed by atoms with Crippen LogP contribution in [0.25, 0.3) is 0 Å². The molecule has 2 atom stereocenters. The van der Waals surface area contributed by atoms with Crippen LogP contribution in [0.2, 0.25) is 0 Å². The van der Waals surface area contributed by atoms with E-state index in [1.54, 1.807) is 6.07 Å². The first-order valence-corrected chi connectivity index (χ1v) is 5.10. The molecule has 0 spiro atoms. The molecule has 15 heavy (non-hydrogen) atoms. The molecule has 1 aliphatic rings. The molecule has 4 nitrogen and oxygen atoms in total. The maximum Gasteiger partial charge on any atom is 0.374 e. The van der Waals surface area contributed by atoms with Crippen molar-refractivity contribution >= 4 is 5.97 Å². The Labute approximate surface area is 88.6 Å². The van der Waals surface area contributed by atoms with Gasteiger partial charge >= 0.3 is 5.97 Å². The van der Waals surface area contributed by atoms with Crippen LogP contribution >= 0.6 is 0 Å². The van der Waals surface area contributed by atoms with Gasteiger partial charge in [0.1, 0.15) is 0 Å². The van der Waals surface area contributed by atoms with E-state index in [-0.39, 0.29) is 0 Å². The molecule has 1 heterocycles. The molecule has 1 fully saturated rings. The highest BCUT2D eigenvalue weighted by molar-refractivity contribution is 5.87. The lowest BCUT2D eigenvalue weighted by molar-refractivity contribution is 0.0563. The smallest absolute Gasteiger partial charge is 0.374 e. The third-order valence-corrected chi connectivity index (χ3v) is 2.78. The van der Waals surface area contributed by atoms with Crippen LogP contribution in [-0.4, -0.2) is 19.1 Å². The summed E-state index contributed by atoms with van der Waals surface area (Å²) in [5.41, 5.74) is 0.862. The van der Waals surface area contributed by atoms with E-state index in [1.807, 2.05) is 0 Å². The second-order valence-corrected chi connectivity index (χ2v) is 3.97. The Bertz CT molecular complexity index is 358. The minimum Gasteiger partial charge on any atom is -0.463 e. The normalized spacial score (nSPS) is 23.9. The molecular weight excluding hydrogens is 194 g/mol. The quantitative estimate of drug-likeness (QED) is 0.765. The first-order valence-electron chi connectivity index (χ1n) is 5.10. The van der Waals surface area contributed by atoms with Gasteiger partial charge in [0, 0.05) is 18.2 Å². The van der Waals surface area contributed by atoms with Crippen LogP contribution in [0, 0.1) is 5.92 Å². The molecule has 82 valence electrons. The van der Waals surface area contributed by atoms with Gasteiger partial charge in [-0.3, -0.25) is 0 Å². The summed E-state index contributed by atoms with van der Waals surface area (Å²) in [6.07, 6.45) is 2.73. The van der Waals surface area contributed by atoms with Crippen LogP contribution < -0.4 is 5.32 Å². The fraction of sp³-hybridized carbons (Fsp3) is 0.545. The van der Waals surface area contributed by atoms with Crippen molar-refractivity contribution in [3.8, 4) is 0 Å². The summed E-state index contributed by atoms with van der Waals surface area (Å²) in [6, 6.07) is 2.39. The van der Waals surface area contributed by atoms with Gasteiger partial charge in [0.25, 0.3) is 0 Å². The number of methoxy groups -OCH3 is 1. The molecule has 1 aromatic rings. The van der Waals surface area contributed by atoms with E-state index in [2.05, 4.69) is 17.0 Å². The molecular formula is C11H15NO3. The second-order valence-electron chi connectivity index (χ2n) is 3.97. The molecule has 0 saturated heterocycles. The number of carbonyl (C=O) groups is 1. The van der Waals surface area contributed by atoms with E-state index in [9.17, 15) is 4.79 Å². The number of furan rings is 1. The number of hydrogen-bond acceptors (Lipinski definition) is 4. The Balaban J connectivity index is 1.95. The SMILES string of the molecule is COC(=O)c1occc1CNC1CC1C. The van der Waals surface area contributed by atoms with Crippen molar-refractivity contribution in [3.63, 3.8) is 0 Å². The number of ether oxygens (including phenoxy) is 1. The average molecular weight is 209 g/mol. The molecule has 0 amide bonds. The largest absolute Gasteiger partial charge is 0.463 e. The van der Waals surface area contributed by atoms with Crippen molar-refractivity contribution in [1.82, 2.24) is 5.32 Å². The van der Waals surface area contributed by atoms with Gasteiger partial charge < -0.3 is 14.5 Å². The van der Waals surface area contributed by atoms with Crippen molar-refractivity contribution in [3.05, 3.63) is 23.7 Å². The molecule has 4 heteroatoms. The zero-order valence-corrected chi connectivity index (χ0v) is 8.95. The van der Waals surface area contributed by atoms with E-state index < -0.39 is 5.97 Å². The Morgan fingerprint density at radius 1 is 1.73 bits per heavy atom. The van der Waals surface area contributed by atoms with Crippen molar-refractivity contribution < 1.29 is 13.9 Å². The summed E-state index contributed by atoms with van der Waals surface area (Å²) in [5, 5.41) is 3.36. The number of hydrogen-bond donors (Lipinski definition) is 1. The van der Waals surface area contributed by atoms with Crippen LogP contribution in [-0.2, 0) is 11.3 Å². The van der Waals surface area contributed by atoms with Crippen molar-refractivity contribution in [2.75, 3.05) is 7.11 Å². The van der Waals surface area contributed by atoms with E-state index >= 15 is 0 Å². The van der Waals surface area contributed by atoms with Gasteiger partial charge in [-0.25, -0.2) is 4.79 Å². The van der Waals surface area contributed by atoms with Gasteiger partial charge in [0.05, 0.1) is 13.4 Å². The van der Waals surface area contributed by atoms with Crippen LogP contribution in [0.3, 0.4) is 0 Å². The highest BCUT2D eigenvalue weighted by Gasteiger charge is 2.32. The third-order valence-electron chi connectivity index (χ3n) is 2.78. The Kier molecular flexibility index (Phi) is 2.77. The topological polar surface area (TPSA) is 51.5 Å². The summed E-state index contributed by atoms with van der Waals surface area (Å²) in [4.78, 5) is 11.3. The van der Waals surface area contributed by atoms with Crippen molar-refractivity contribution in [2.24, 2.45) is 5.92 Å². The lowest BCUT2D eigenvalue weighted by atomic mass is 10.2. The monoisotopic (exact) mass is 209 g/mol. The lowest BCUT2D eigenvalue weighted by Crippen LogP contribution is -2.18. The molecule has 2 unspecified atom stereocenters. The molecule has 1 saturated carbocycles. The van der Waals surface area contributed by atoms with Gasteiger partial charge in [-0.2, -0.15) is 0 Å². The lowest BCUT2D eigenvalue weighted by Gasteiger charge is -2.02. The maximum atomic E-state index is 11.3. The third kappa shape index (κ3) is 2.21. The number of nitrogens with one attached hydrogen (secondary N) is 1. The Morgan fingerprint density at radius 3 is 3.07 bits per heavy atom. The predicted octanol–water partition coefficient (Wildman–Crippen LogP) is 1.56. The fourth-order valence-electron chi connectivity index (χ4n) is 1.59.